The highest BCUT2D eigenvalue weighted by Gasteiger charge is 2.61. The van der Waals surface area contributed by atoms with Gasteiger partial charge in [0.1, 0.15) is 11.3 Å². The molecular weight excluding hydrogens is 605 g/mol. The number of nitrogens with zero attached hydrogens (tertiary/aromatic N) is 2. The van der Waals surface area contributed by atoms with Gasteiger partial charge in [0.15, 0.2) is 0 Å². The molecular formula is C29H50N4O9Si2. The summed E-state index contributed by atoms with van der Waals surface area (Å²) in [5, 5.41) is 29.6. The van der Waals surface area contributed by atoms with Gasteiger partial charge >= 0.3 is 23.2 Å². The molecule has 1 aromatic rings. The lowest BCUT2D eigenvalue weighted by Gasteiger charge is -2.52. The molecule has 2 aliphatic rings. The van der Waals surface area contributed by atoms with Crippen molar-refractivity contribution in [1.29, 1.82) is 0 Å². The number of amides is 1. The van der Waals surface area contributed by atoms with Crippen molar-refractivity contribution in [3.63, 3.8) is 0 Å². The van der Waals surface area contributed by atoms with Crippen LogP contribution in [0.15, 0.2) is 18.2 Å². The Hall–Kier alpha value is -2.60. The first kappa shape index (κ1) is 35.9. The van der Waals surface area contributed by atoms with Crippen LogP contribution in [0.1, 0.15) is 82.6 Å². The van der Waals surface area contributed by atoms with E-state index in [0.717, 1.165) is 6.07 Å². The van der Waals surface area contributed by atoms with E-state index in [1.54, 1.807) is 20.8 Å². The first-order valence-electron chi connectivity index (χ1n) is 15.4. The predicted molar refractivity (Wildman–Crippen MR) is 172 cm³/mol. The fourth-order valence-corrected chi connectivity index (χ4v) is 17.8. The minimum Gasteiger partial charge on any atom is -0.444 e. The summed E-state index contributed by atoms with van der Waals surface area (Å²) >= 11 is 0. The number of carbonyl (C=O) groups is 1. The third-order valence-corrected chi connectivity index (χ3v) is 18.9. The fourth-order valence-electron chi connectivity index (χ4n) is 6.51. The number of fused-ring (bicyclic) bond motifs is 1. The number of benzene rings is 1. The van der Waals surface area contributed by atoms with Crippen LogP contribution < -0.4 is 10.6 Å². The Bertz CT molecular complexity index is 1210. The number of non-ortho nitro benzene ring substituents is 1. The number of alkyl carbamates (subject to hydrolysis) is 1. The van der Waals surface area contributed by atoms with Crippen molar-refractivity contribution in [2.45, 2.75) is 129 Å². The molecule has 2 N–H and O–H groups in total. The lowest BCUT2D eigenvalue weighted by atomic mass is 10.1. The topological polar surface area (TPSA) is 164 Å². The van der Waals surface area contributed by atoms with Crippen molar-refractivity contribution in [3.8, 4) is 0 Å². The number of rotatable bonds is 9. The number of anilines is 1. The summed E-state index contributed by atoms with van der Waals surface area (Å²) in [5.41, 5.74) is -1.05. The van der Waals surface area contributed by atoms with Crippen molar-refractivity contribution in [2.75, 3.05) is 11.9 Å². The summed E-state index contributed by atoms with van der Waals surface area (Å²) in [6, 6.07) is 2.27. The molecule has 1 saturated carbocycles. The molecule has 0 radical (unpaired) electrons. The van der Waals surface area contributed by atoms with Gasteiger partial charge in [0.05, 0.1) is 28.1 Å². The van der Waals surface area contributed by atoms with Crippen molar-refractivity contribution in [3.05, 3.63) is 38.4 Å². The summed E-state index contributed by atoms with van der Waals surface area (Å²) in [4.78, 5) is 35.2. The molecule has 0 aromatic heterocycles. The fraction of sp³-hybridized carbons (Fsp3) is 0.759. The van der Waals surface area contributed by atoms with Gasteiger partial charge in [-0.2, -0.15) is 0 Å². The Morgan fingerprint density at radius 2 is 1.52 bits per heavy atom. The third-order valence-electron chi connectivity index (χ3n) is 8.60. The van der Waals surface area contributed by atoms with Crippen molar-refractivity contribution < 1.29 is 32.3 Å². The Kier molecular flexibility index (Phi) is 10.9. The zero-order valence-electron chi connectivity index (χ0n) is 27.8. The summed E-state index contributed by atoms with van der Waals surface area (Å²) in [7, 11) is -5.86. The number of nitro benzene ring substituents is 2. The van der Waals surface area contributed by atoms with E-state index in [-0.39, 0.29) is 39.5 Å². The lowest BCUT2D eigenvalue weighted by molar-refractivity contribution is -0.393. The summed E-state index contributed by atoms with van der Waals surface area (Å²) in [5.74, 6) is -0.179. The quantitative estimate of drug-likeness (QED) is 0.159. The van der Waals surface area contributed by atoms with Crippen LogP contribution in [0.4, 0.5) is 21.9 Å². The molecule has 13 nitrogen and oxygen atoms in total. The molecule has 3 rings (SSSR count). The van der Waals surface area contributed by atoms with Crippen LogP contribution in [0, 0.1) is 26.1 Å². The lowest BCUT2D eigenvalue weighted by Crippen LogP contribution is -2.66. The Morgan fingerprint density at radius 1 is 0.955 bits per heavy atom. The van der Waals surface area contributed by atoms with Crippen LogP contribution in [-0.2, 0) is 17.7 Å². The molecule has 1 aromatic carbocycles. The summed E-state index contributed by atoms with van der Waals surface area (Å²) < 4.78 is 27.1. The minimum atomic E-state index is -3.04. The van der Waals surface area contributed by atoms with Gasteiger partial charge in [0.2, 0.25) is 0 Å². The Balaban J connectivity index is 2.14. The Labute approximate surface area is 262 Å². The van der Waals surface area contributed by atoms with E-state index in [1.807, 2.05) is 0 Å². The maximum Gasteiger partial charge on any atom is 0.408 e. The van der Waals surface area contributed by atoms with E-state index in [9.17, 15) is 25.0 Å². The number of hydrogen-bond acceptors (Lipinski definition) is 10. The summed E-state index contributed by atoms with van der Waals surface area (Å²) in [6.07, 6.45) is -0.726. The van der Waals surface area contributed by atoms with Crippen LogP contribution in [0.5, 0.6) is 0 Å². The normalized spacial score (nSPS) is 25.0. The second-order valence-electron chi connectivity index (χ2n) is 14.2. The summed E-state index contributed by atoms with van der Waals surface area (Å²) in [6.45, 7) is 22.7. The predicted octanol–water partition coefficient (Wildman–Crippen LogP) is 7.15. The number of nitro groups is 2. The van der Waals surface area contributed by atoms with Crippen LogP contribution in [-0.4, -0.2) is 63.5 Å². The van der Waals surface area contributed by atoms with E-state index in [4.69, 9.17) is 17.7 Å². The van der Waals surface area contributed by atoms with Crippen molar-refractivity contribution in [1.82, 2.24) is 5.32 Å². The van der Waals surface area contributed by atoms with Crippen molar-refractivity contribution >= 4 is 40.3 Å². The molecule has 0 bridgehead atoms. The van der Waals surface area contributed by atoms with Crippen LogP contribution in [0.2, 0.25) is 22.2 Å². The zero-order valence-corrected chi connectivity index (χ0v) is 29.8. The monoisotopic (exact) mass is 654 g/mol. The number of carbonyl (C=O) groups excluding carboxylic acids is 1. The van der Waals surface area contributed by atoms with E-state index in [0.29, 0.717) is 13.0 Å². The van der Waals surface area contributed by atoms with Gasteiger partial charge in [-0.15, -0.1) is 0 Å². The number of hydrogen-bond donors (Lipinski definition) is 2. The van der Waals surface area contributed by atoms with E-state index in [1.165, 1.54) is 12.1 Å². The average Bonchev–Trinajstić information content (AvgIpc) is 3.16. The second-order valence-corrected chi connectivity index (χ2v) is 23.0. The molecule has 4 atom stereocenters. The molecule has 1 saturated heterocycles. The van der Waals surface area contributed by atoms with Gasteiger partial charge < -0.3 is 28.3 Å². The maximum absolute atomic E-state index is 13.2. The molecule has 1 amide bonds. The first-order chi connectivity index (χ1) is 20.2. The van der Waals surface area contributed by atoms with Gasteiger partial charge in [0.25, 0.3) is 11.4 Å². The van der Waals surface area contributed by atoms with Crippen LogP contribution >= 0.6 is 0 Å². The first-order valence-corrected chi connectivity index (χ1v) is 19.4. The van der Waals surface area contributed by atoms with E-state index in [2.05, 4.69) is 66.0 Å². The van der Waals surface area contributed by atoms with E-state index >= 15 is 0 Å². The molecule has 248 valence electrons. The Morgan fingerprint density at radius 3 is 2.00 bits per heavy atom. The zero-order chi connectivity index (χ0) is 33.4. The van der Waals surface area contributed by atoms with Gasteiger partial charge in [0, 0.05) is 24.6 Å². The van der Waals surface area contributed by atoms with Gasteiger partial charge in [-0.3, -0.25) is 20.2 Å². The highest BCUT2D eigenvalue weighted by atomic mass is 28.5. The average molecular weight is 655 g/mol. The molecule has 15 heteroatoms. The van der Waals surface area contributed by atoms with Gasteiger partial charge in [-0.25, -0.2) is 4.79 Å². The van der Waals surface area contributed by atoms with Crippen LogP contribution in [0.25, 0.3) is 0 Å². The maximum atomic E-state index is 13.2. The largest absolute Gasteiger partial charge is 0.444 e. The van der Waals surface area contributed by atoms with Crippen LogP contribution in [0.3, 0.4) is 0 Å². The smallest absolute Gasteiger partial charge is 0.408 e. The molecule has 1 aliphatic heterocycles. The molecule has 0 unspecified atom stereocenters. The molecule has 0 spiro atoms. The molecule has 44 heavy (non-hydrogen) atoms. The van der Waals surface area contributed by atoms with Gasteiger partial charge in [-0.05, 0) is 55.4 Å². The van der Waals surface area contributed by atoms with Gasteiger partial charge in [-0.1, -0.05) is 55.4 Å². The SMILES string of the molecule is CC(C)[Si]1(C(C)C)OC[C@H]2C[C@@H](Nc3ccc([N+](=O)[O-])cc3[N+](=O)[O-])[C@H](NC(=O)OC(C)(C)C)[C@@H]2O[Si](C(C)C)(C(C)C)O1. The second kappa shape index (κ2) is 13.4. The van der Waals surface area contributed by atoms with E-state index < -0.39 is 62.5 Å². The highest BCUT2D eigenvalue weighted by molar-refractivity contribution is 6.84. The standard InChI is InChI=1S/C29H50N4O9Si2/c1-17(2)43(18(3)4)39-16-21-14-24(30-23-13-12-22(32(35)36)15-25(23)33(37)38)26(31-28(34)40-29(9,10)11)27(21)41-44(42-43,19(5)6)20(7)8/h12-13,15,17-21,24,26-27,30H,14,16H2,1-11H3,(H,31,34)/t21-,24-,26+,27-/m1/s1. The molecule has 1 aliphatic carbocycles. The third kappa shape index (κ3) is 7.44. The van der Waals surface area contributed by atoms with Crippen molar-refractivity contribution in [2.24, 2.45) is 5.92 Å². The highest BCUT2D eigenvalue weighted by Crippen LogP contribution is 2.49. The molecule has 1 heterocycles. The number of ether oxygens (including phenoxy) is 1. The molecule has 2 fully saturated rings. The minimum absolute atomic E-state index is 0.0548. The number of nitrogens with one attached hydrogen (secondary N) is 2.